The Morgan fingerprint density at radius 3 is 2.48 bits per heavy atom. The van der Waals surface area contributed by atoms with E-state index in [9.17, 15) is 4.79 Å². The van der Waals surface area contributed by atoms with Crippen molar-refractivity contribution in [2.24, 2.45) is 5.92 Å². The average Bonchev–Trinajstić information content (AvgIpc) is 2.77. The van der Waals surface area contributed by atoms with Crippen molar-refractivity contribution in [3.8, 4) is 5.75 Å². The number of amides is 1. The molecule has 1 N–H and O–H groups in total. The van der Waals surface area contributed by atoms with Crippen LogP contribution in [0.3, 0.4) is 0 Å². The van der Waals surface area contributed by atoms with Crippen molar-refractivity contribution < 1.29 is 14.3 Å². The van der Waals surface area contributed by atoms with Crippen LogP contribution in [0, 0.1) is 5.92 Å². The Kier molecular flexibility index (Phi) is 8.56. The lowest BCUT2D eigenvalue weighted by molar-refractivity contribution is 0.0948. The predicted molar refractivity (Wildman–Crippen MR) is 127 cm³/mol. The Bertz CT molecular complexity index is 989. The fourth-order valence-corrected chi connectivity index (χ4v) is 3.93. The summed E-state index contributed by atoms with van der Waals surface area (Å²) in [7, 11) is 0. The zero-order chi connectivity index (χ0) is 22.1. The second kappa shape index (κ2) is 11.6. The highest BCUT2D eigenvalue weighted by Gasteiger charge is 2.13. The number of carbonyl (C=O) groups excluding carboxylic acids is 1. The molecule has 0 spiro atoms. The van der Waals surface area contributed by atoms with Crippen molar-refractivity contribution in [2.75, 3.05) is 18.5 Å². The summed E-state index contributed by atoms with van der Waals surface area (Å²) in [6.07, 6.45) is 0. The van der Waals surface area contributed by atoms with Gasteiger partial charge in [-0.2, -0.15) is 0 Å². The summed E-state index contributed by atoms with van der Waals surface area (Å²) >= 11 is 1.62. The highest BCUT2D eigenvalue weighted by atomic mass is 32.2. The number of benzene rings is 3. The van der Waals surface area contributed by atoms with Crippen LogP contribution in [-0.2, 0) is 11.3 Å². The van der Waals surface area contributed by atoms with Crippen molar-refractivity contribution in [3.05, 3.63) is 83.9 Å². The molecule has 0 bridgehead atoms. The minimum absolute atomic E-state index is 0.158. The third-order valence-electron chi connectivity index (χ3n) is 4.44. The average molecular weight is 436 g/mol. The monoisotopic (exact) mass is 435 g/mol. The van der Waals surface area contributed by atoms with Crippen LogP contribution in [0.5, 0.6) is 5.75 Å². The molecular weight excluding hydrogens is 406 g/mol. The van der Waals surface area contributed by atoms with Gasteiger partial charge in [-0.15, -0.1) is 0 Å². The number of rotatable bonds is 10. The smallest absolute Gasteiger partial charge is 0.255 e. The van der Waals surface area contributed by atoms with E-state index in [-0.39, 0.29) is 5.91 Å². The van der Waals surface area contributed by atoms with Gasteiger partial charge in [-0.05, 0) is 55.3 Å². The summed E-state index contributed by atoms with van der Waals surface area (Å²) < 4.78 is 11.5. The number of ether oxygens (including phenoxy) is 2. The van der Waals surface area contributed by atoms with Crippen molar-refractivity contribution in [3.63, 3.8) is 0 Å². The van der Waals surface area contributed by atoms with Gasteiger partial charge >= 0.3 is 0 Å². The maximum absolute atomic E-state index is 13.0. The van der Waals surface area contributed by atoms with E-state index in [1.165, 1.54) is 0 Å². The molecule has 3 rings (SSSR count). The predicted octanol–water partition coefficient (Wildman–Crippen LogP) is 6.66. The van der Waals surface area contributed by atoms with Crippen LogP contribution in [0.1, 0.15) is 36.7 Å². The van der Waals surface area contributed by atoms with Gasteiger partial charge in [0.25, 0.3) is 5.91 Å². The summed E-state index contributed by atoms with van der Waals surface area (Å²) in [6.45, 7) is 7.80. The number of nitrogens with one attached hydrogen (secondary N) is 1. The van der Waals surface area contributed by atoms with Crippen LogP contribution in [0.2, 0.25) is 0 Å². The molecule has 0 saturated heterocycles. The van der Waals surface area contributed by atoms with Gasteiger partial charge in [-0.3, -0.25) is 4.79 Å². The van der Waals surface area contributed by atoms with E-state index in [4.69, 9.17) is 9.47 Å². The van der Waals surface area contributed by atoms with Gasteiger partial charge in [0.2, 0.25) is 0 Å². The Labute approximate surface area is 189 Å². The Balaban J connectivity index is 1.77. The summed E-state index contributed by atoms with van der Waals surface area (Å²) in [5.41, 5.74) is 2.24. The molecule has 1 amide bonds. The molecule has 0 aliphatic rings. The summed E-state index contributed by atoms with van der Waals surface area (Å²) in [5, 5.41) is 3.06. The van der Waals surface area contributed by atoms with E-state index in [0.29, 0.717) is 31.3 Å². The molecular formula is C26H29NO3S. The van der Waals surface area contributed by atoms with E-state index in [1.54, 1.807) is 17.8 Å². The molecule has 0 radical (unpaired) electrons. The second-order valence-electron chi connectivity index (χ2n) is 7.53. The van der Waals surface area contributed by atoms with Gasteiger partial charge in [0.15, 0.2) is 0 Å². The van der Waals surface area contributed by atoms with Crippen LogP contribution < -0.4 is 10.1 Å². The number of hydrogen-bond acceptors (Lipinski definition) is 4. The molecule has 0 aliphatic heterocycles. The highest BCUT2D eigenvalue weighted by molar-refractivity contribution is 7.99. The standard InChI is InChI=1S/C26H29NO3S/c1-4-30-24-15-14-20(16-21(24)18-29-17-19(2)3)26(28)27-23-12-8-9-13-25(23)31-22-10-6-5-7-11-22/h5-16,19H,4,17-18H2,1-3H3,(H,27,28). The van der Waals surface area contributed by atoms with Gasteiger partial charge in [-0.1, -0.05) is 55.9 Å². The van der Waals surface area contributed by atoms with E-state index in [0.717, 1.165) is 26.8 Å². The third kappa shape index (κ3) is 6.88. The molecule has 3 aromatic carbocycles. The van der Waals surface area contributed by atoms with E-state index >= 15 is 0 Å². The Morgan fingerprint density at radius 1 is 1.00 bits per heavy atom. The Morgan fingerprint density at radius 2 is 1.74 bits per heavy atom. The SMILES string of the molecule is CCOc1ccc(C(=O)Nc2ccccc2Sc2ccccc2)cc1COCC(C)C. The minimum atomic E-state index is -0.158. The number of anilines is 1. The number of carbonyl (C=O) groups is 1. The highest BCUT2D eigenvalue weighted by Crippen LogP contribution is 2.33. The molecule has 0 atom stereocenters. The molecule has 0 aliphatic carbocycles. The molecule has 0 saturated carbocycles. The molecule has 4 nitrogen and oxygen atoms in total. The normalized spacial score (nSPS) is 10.8. The van der Waals surface area contributed by atoms with Crippen molar-refractivity contribution in [1.82, 2.24) is 0 Å². The van der Waals surface area contributed by atoms with Crippen molar-refractivity contribution >= 4 is 23.4 Å². The maximum Gasteiger partial charge on any atom is 0.255 e. The van der Waals surface area contributed by atoms with Gasteiger partial charge in [-0.25, -0.2) is 0 Å². The minimum Gasteiger partial charge on any atom is -0.494 e. The van der Waals surface area contributed by atoms with Crippen LogP contribution >= 0.6 is 11.8 Å². The first-order valence-corrected chi connectivity index (χ1v) is 11.3. The molecule has 0 unspecified atom stereocenters. The van der Waals surface area contributed by atoms with Gasteiger partial charge in [0.1, 0.15) is 5.75 Å². The summed E-state index contributed by atoms with van der Waals surface area (Å²) in [4.78, 5) is 15.1. The molecule has 5 heteroatoms. The lowest BCUT2D eigenvalue weighted by Crippen LogP contribution is -2.13. The lowest BCUT2D eigenvalue weighted by atomic mass is 10.1. The number of para-hydroxylation sites is 1. The van der Waals surface area contributed by atoms with Crippen LogP contribution in [0.25, 0.3) is 0 Å². The summed E-state index contributed by atoms with van der Waals surface area (Å²) in [6, 6.07) is 23.4. The van der Waals surface area contributed by atoms with E-state index < -0.39 is 0 Å². The van der Waals surface area contributed by atoms with Crippen molar-refractivity contribution in [2.45, 2.75) is 37.2 Å². The zero-order valence-corrected chi connectivity index (χ0v) is 19.1. The molecule has 0 heterocycles. The van der Waals surface area contributed by atoms with Gasteiger partial charge < -0.3 is 14.8 Å². The largest absolute Gasteiger partial charge is 0.494 e. The lowest BCUT2D eigenvalue weighted by Gasteiger charge is -2.14. The first-order chi connectivity index (χ1) is 15.1. The first kappa shape index (κ1) is 22.9. The molecule has 31 heavy (non-hydrogen) atoms. The quantitative estimate of drug-likeness (QED) is 0.387. The van der Waals surface area contributed by atoms with Crippen LogP contribution in [-0.4, -0.2) is 19.1 Å². The second-order valence-corrected chi connectivity index (χ2v) is 8.65. The molecule has 0 aromatic heterocycles. The molecule has 3 aromatic rings. The topological polar surface area (TPSA) is 47.6 Å². The first-order valence-electron chi connectivity index (χ1n) is 10.5. The number of hydrogen-bond donors (Lipinski definition) is 1. The maximum atomic E-state index is 13.0. The third-order valence-corrected chi connectivity index (χ3v) is 5.52. The molecule has 162 valence electrons. The fourth-order valence-electron chi connectivity index (χ4n) is 3.00. The van der Waals surface area contributed by atoms with Crippen LogP contribution in [0.4, 0.5) is 5.69 Å². The van der Waals surface area contributed by atoms with E-state index in [1.807, 2.05) is 61.5 Å². The van der Waals surface area contributed by atoms with Gasteiger partial charge in [0.05, 0.1) is 18.9 Å². The zero-order valence-electron chi connectivity index (χ0n) is 18.3. The van der Waals surface area contributed by atoms with E-state index in [2.05, 4.69) is 31.3 Å². The van der Waals surface area contributed by atoms with Crippen LogP contribution in [0.15, 0.2) is 82.6 Å². The summed E-state index contributed by atoms with van der Waals surface area (Å²) in [5.74, 6) is 1.04. The molecule has 0 fully saturated rings. The fraction of sp³-hybridized carbons (Fsp3) is 0.269. The Hall–Kier alpha value is -2.76. The van der Waals surface area contributed by atoms with Gasteiger partial charge in [0, 0.05) is 27.5 Å². The van der Waals surface area contributed by atoms with Crippen molar-refractivity contribution in [1.29, 1.82) is 0 Å².